The number of rotatable bonds is 6. The first-order chi connectivity index (χ1) is 15.6. The fourth-order valence-electron chi connectivity index (χ4n) is 3.93. The minimum absolute atomic E-state index is 0.0142. The zero-order chi connectivity index (χ0) is 22.1. The van der Waals surface area contributed by atoms with Gasteiger partial charge in [0, 0.05) is 23.0 Å². The topological polar surface area (TPSA) is 83.7 Å². The van der Waals surface area contributed by atoms with Gasteiger partial charge in [-0.2, -0.15) is 4.98 Å². The molecule has 1 N–H and O–H groups in total. The van der Waals surface area contributed by atoms with Gasteiger partial charge in [-0.05, 0) is 55.3 Å². The molecule has 2 aliphatic rings. The van der Waals surface area contributed by atoms with Crippen molar-refractivity contribution in [2.45, 2.75) is 32.0 Å². The average Bonchev–Trinajstić information content (AvgIpc) is 3.45. The number of nitrogens with zero attached hydrogens (tertiary/aromatic N) is 4. The molecule has 3 aromatic rings. The van der Waals surface area contributed by atoms with Crippen LogP contribution in [-0.4, -0.2) is 38.6 Å². The largest absolute Gasteiger partial charge is 0.494 e. The van der Waals surface area contributed by atoms with Crippen LogP contribution in [-0.2, 0) is 11.3 Å². The van der Waals surface area contributed by atoms with E-state index in [1.807, 2.05) is 54.5 Å². The van der Waals surface area contributed by atoms with Crippen molar-refractivity contribution >= 4 is 17.5 Å². The van der Waals surface area contributed by atoms with Crippen molar-refractivity contribution in [3.05, 3.63) is 77.4 Å². The molecule has 1 aromatic heterocycles. The fourth-order valence-corrected chi connectivity index (χ4v) is 4.05. The number of nitrogens with one attached hydrogen (secondary N) is 1. The Hall–Kier alpha value is -3.36. The van der Waals surface area contributed by atoms with Crippen LogP contribution in [0.2, 0.25) is 5.02 Å². The summed E-state index contributed by atoms with van der Waals surface area (Å²) in [5.41, 5.74) is 5.31. The second-order valence-corrected chi connectivity index (χ2v) is 8.06. The molecule has 3 heterocycles. The van der Waals surface area contributed by atoms with E-state index in [1.165, 1.54) is 0 Å². The van der Waals surface area contributed by atoms with E-state index in [-0.39, 0.29) is 24.5 Å². The summed E-state index contributed by atoms with van der Waals surface area (Å²) in [4.78, 5) is 19.1. The van der Waals surface area contributed by atoms with Gasteiger partial charge in [-0.25, -0.2) is 5.43 Å². The lowest BCUT2D eigenvalue weighted by Gasteiger charge is -2.30. The van der Waals surface area contributed by atoms with E-state index in [9.17, 15) is 4.79 Å². The zero-order valence-corrected chi connectivity index (χ0v) is 18.2. The molecule has 2 unspecified atom stereocenters. The minimum Gasteiger partial charge on any atom is -0.494 e. The molecule has 0 radical (unpaired) electrons. The van der Waals surface area contributed by atoms with E-state index >= 15 is 0 Å². The van der Waals surface area contributed by atoms with Gasteiger partial charge in [0.1, 0.15) is 18.3 Å². The van der Waals surface area contributed by atoms with Gasteiger partial charge >= 0.3 is 0 Å². The van der Waals surface area contributed by atoms with Crippen molar-refractivity contribution in [3.63, 3.8) is 0 Å². The lowest BCUT2D eigenvalue weighted by molar-refractivity contribution is -0.135. The van der Waals surface area contributed by atoms with Gasteiger partial charge in [0.05, 0.1) is 12.6 Å². The number of carbonyl (C=O) groups excluding carboxylic acids is 1. The molecule has 5 rings (SSSR count). The summed E-state index contributed by atoms with van der Waals surface area (Å²) in [6, 6.07) is 14.9. The summed E-state index contributed by atoms with van der Waals surface area (Å²) in [5, 5.41) is 6.53. The Bertz CT molecular complexity index is 1130. The standard InChI is InChI=1S/C23H22ClN5O3/c1-2-31-18-9-5-15(6-10-18)19-13-20-23(30)28(11-12-29(20)26-19)14-21-25-22(27-32-21)16-3-7-17(24)8-4-16/h3-12,19-20,26H,2,13-14H2,1H3. The Morgan fingerprint density at radius 1 is 1.16 bits per heavy atom. The Kier molecular flexibility index (Phi) is 5.55. The molecule has 0 bridgehead atoms. The van der Waals surface area contributed by atoms with Crippen LogP contribution < -0.4 is 10.2 Å². The number of ether oxygens (including phenoxy) is 1. The molecule has 0 saturated carbocycles. The molecular formula is C23H22ClN5O3. The Balaban J connectivity index is 1.25. The van der Waals surface area contributed by atoms with Crippen molar-refractivity contribution in [2.75, 3.05) is 6.61 Å². The van der Waals surface area contributed by atoms with Gasteiger partial charge in [-0.3, -0.25) is 4.79 Å². The highest BCUT2D eigenvalue weighted by Gasteiger charge is 2.40. The predicted octanol–water partition coefficient (Wildman–Crippen LogP) is 3.92. The number of benzene rings is 2. The van der Waals surface area contributed by atoms with Crippen LogP contribution in [0.25, 0.3) is 11.4 Å². The fraction of sp³-hybridized carbons (Fsp3) is 0.261. The SMILES string of the molecule is CCOc1ccc(C2CC3C(=O)N(Cc4nc(-c5ccc(Cl)cc5)no4)C=CN3N2)cc1. The second kappa shape index (κ2) is 8.64. The average molecular weight is 452 g/mol. The van der Waals surface area contributed by atoms with E-state index in [4.69, 9.17) is 20.9 Å². The number of amides is 1. The maximum atomic E-state index is 13.1. The number of halogens is 1. The molecule has 1 saturated heterocycles. The summed E-state index contributed by atoms with van der Waals surface area (Å²) in [6.45, 7) is 2.81. The van der Waals surface area contributed by atoms with Crippen molar-refractivity contribution in [1.82, 2.24) is 25.5 Å². The smallest absolute Gasteiger partial charge is 0.251 e. The first kappa shape index (κ1) is 20.5. The maximum Gasteiger partial charge on any atom is 0.251 e. The molecule has 1 amide bonds. The molecule has 2 atom stereocenters. The third-order valence-electron chi connectivity index (χ3n) is 5.54. The van der Waals surface area contributed by atoms with Gasteiger partial charge in [-0.15, -0.1) is 0 Å². The van der Waals surface area contributed by atoms with Crippen molar-refractivity contribution < 1.29 is 14.1 Å². The highest BCUT2D eigenvalue weighted by atomic mass is 35.5. The molecule has 32 heavy (non-hydrogen) atoms. The number of hydrogen-bond acceptors (Lipinski definition) is 7. The van der Waals surface area contributed by atoms with Crippen molar-refractivity contribution in [3.8, 4) is 17.1 Å². The summed E-state index contributed by atoms with van der Waals surface area (Å²) in [5.74, 6) is 1.66. The maximum absolute atomic E-state index is 13.1. The van der Waals surface area contributed by atoms with Gasteiger partial charge < -0.3 is 19.2 Å². The Morgan fingerprint density at radius 3 is 2.69 bits per heavy atom. The first-order valence-corrected chi connectivity index (χ1v) is 10.8. The van der Waals surface area contributed by atoms with Crippen LogP contribution in [0.15, 0.2) is 65.5 Å². The highest BCUT2D eigenvalue weighted by molar-refractivity contribution is 6.30. The number of aromatic nitrogens is 2. The Labute approximate surface area is 190 Å². The summed E-state index contributed by atoms with van der Waals surface area (Å²) < 4.78 is 10.9. The van der Waals surface area contributed by atoms with E-state index < -0.39 is 0 Å². The van der Waals surface area contributed by atoms with Crippen LogP contribution in [0.3, 0.4) is 0 Å². The molecule has 8 nitrogen and oxygen atoms in total. The number of fused-ring (bicyclic) bond motifs is 1. The molecule has 2 aliphatic heterocycles. The van der Waals surface area contributed by atoms with Crippen LogP contribution in [0.1, 0.15) is 30.8 Å². The molecule has 0 spiro atoms. The number of carbonyl (C=O) groups is 1. The van der Waals surface area contributed by atoms with E-state index in [0.29, 0.717) is 29.8 Å². The van der Waals surface area contributed by atoms with Crippen molar-refractivity contribution in [1.29, 1.82) is 0 Å². The van der Waals surface area contributed by atoms with Crippen LogP contribution in [0, 0.1) is 0 Å². The zero-order valence-electron chi connectivity index (χ0n) is 17.4. The Morgan fingerprint density at radius 2 is 1.94 bits per heavy atom. The molecule has 9 heteroatoms. The summed E-state index contributed by atoms with van der Waals surface area (Å²) >= 11 is 5.93. The molecule has 0 aliphatic carbocycles. The van der Waals surface area contributed by atoms with E-state index in [2.05, 4.69) is 15.6 Å². The lowest BCUT2D eigenvalue weighted by Crippen LogP contribution is -2.47. The lowest BCUT2D eigenvalue weighted by atomic mass is 10.0. The summed E-state index contributed by atoms with van der Waals surface area (Å²) in [7, 11) is 0. The van der Waals surface area contributed by atoms with Gasteiger partial charge in [0.25, 0.3) is 5.91 Å². The third kappa shape index (κ3) is 4.06. The third-order valence-corrected chi connectivity index (χ3v) is 5.80. The monoisotopic (exact) mass is 451 g/mol. The first-order valence-electron chi connectivity index (χ1n) is 10.5. The van der Waals surface area contributed by atoms with E-state index in [1.54, 1.807) is 23.2 Å². The predicted molar refractivity (Wildman–Crippen MR) is 118 cm³/mol. The van der Waals surface area contributed by atoms with Gasteiger partial charge in [0.2, 0.25) is 11.7 Å². The molecular weight excluding hydrogens is 430 g/mol. The quantitative estimate of drug-likeness (QED) is 0.608. The van der Waals surface area contributed by atoms with Crippen molar-refractivity contribution in [2.24, 2.45) is 0 Å². The van der Waals surface area contributed by atoms with Crippen LogP contribution in [0.4, 0.5) is 0 Å². The summed E-state index contributed by atoms with van der Waals surface area (Å²) in [6.07, 6.45) is 4.27. The molecule has 164 valence electrons. The minimum atomic E-state index is -0.296. The van der Waals surface area contributed by atoms with Crippen LogP contribution >= 0.6 is 11.6 Å². The molecule has 2 aromatic carbocycles. The highest BCUT2D eigenvalue weighted by Crippen LogP contribution is 2.32. The second-order valence-electron chi connectivity index (χ2n) is 7.63. The van der Waals surface area contributed by atoms with Gasteiger partial charge in [-0.1, -0.05) is 28.9 Å². The van der Waals surface area contributed by atoms with E-state index in [0.717, 1.165) is 16.9 Å². The number of hydrogen-bond donors (Lipinski definition) is 1. The normalized spacial score (nSPS) is 20.0. The van der Waals surface area contributed by atoms with Crippen LogP contribution in [0.5, 0.6) is 5.75 Å². The number of hydrazine groups is 1. The molecule has 1 fully saturated rings. The van der Waals surface area contributed by atoms with Gasteiger partial charge in [0.15, 0.2) is 0 Å².